The largest absolute Gasteiger partial charge is 0.497 e. The number of ether oxygens (including phenoxy) is 1. The maximum atomic E-state index is 12.7. The summed E-state index contributed by atoms with van der Waals surface area (Å²) in [4.78, 5) is 15.9. The Hall–Kier alpha value is -3.03. The molecule has 0 aromatic heterocycles. The van der Waals surface area contributed by atoms with E-state index < -0.39 is 29.5 Å². The number of benzene rings is 2. The molecule has 0 bridgehead atoms. The van der Waals surface area contributed by atoms with Gasteiger partial charge in [-0.2, -0.15) is 18.2 Å². The molecule has 2 aromatic carbocycles. The topological polar surface area (TPSA) is 90.7 Å². The van der Waals surface area contributed by atoms with Crippen LogP contribution in [0.2, 0.25) is 0 Å². The summed E-state index contributed by atoms with van der Waals surface area (Å²) in [7, 11) is 1.53. The molecule has 0 saturated heterocycles. The van der Waals surface area contributed by atoms with Crippen LogP contribution in [0.1, 0.15) is 22.6 Å². The number of amides is 1. The number of nitrogens with two attached hydrogens (primary N) is 2. The van der Waals surface area contributed by atoms with E-state index in [9.17, 15) is 18.0 Å². The van der Waals surface area contributed by atoms with E-state index in [1.54, 1.807) is 24.3 Å². The van der Waals surface area contributed by atoms with Crippen molar-refractivity contribution in [1.29, 1.82) is 0 Å². The number of rotatable bonds is 5. The van der Waals surface area contributed by atoms with Crippen LogP contribution in [-0.2, 0) is 17.4 Å². The molecule has 1 atom stereocenters. The predicted octanol–water partition coefficient (Wildman–Crippen LogP) is 2.84. The van der Waals surface area contributed by atoms with Crippen molar-refractivity contribution in [3.63, 3.8) is 0 Å². The van der Waals surface area contributed by atoms with Gasteiger partial charge in [-0.15, -0.1) is 0 Å². The number of carbonyl (C=O) groups excluding carboxylic acids is 1. The molecule has 0 fully saturated rings. The Balaban J connectivity index is 2.34. The van der Waals surface area contributed by atoms with Crippen LogP contribution in [0.3, 0.4) is 0 Å². The first kappa shape index (κ1) is 19.3. The number of hydrogen-bond acceptors (Lipinski definition) is 2. The third-order valence-electron chi connectivity index (χ3n) is 3.78. The van der Waals surface area contributed by atoms with Crippen molar-refractivity contribution in [2.24, 2.45) is 16.5 Å². The second-order valence-corrected chi connectivity index (χ2v) is 5.60. The van der Waals surface area contributed by atoms with Crippen molar-refractivity contribution in [3.05, 3.63) is 65.2 Å². The maximum Gasteiger partial charge on any atom is 0.416 e. The van der Waals surface area contributed by atoms with E-state index in [0.29, 0.717) is 11.3 Å². The van der Waals surface area contributed by atoms with Crippen LogP contribution in [0, 0.1) is 0 Å². The van der Waals surface area contributed by atoms with Gasteiger partial charge in [0.15, 0.2) is 5.96 Å². The van der Waals surface area contributed by atoms with Gasteiger partial charge in [-0.25, -0.2) is 0 Å². The summed E-state index contributed by atoms with van der Waals surface area (Å²) in [6.45, 7) is 0. The number of alkyl halides is 3. The van der Waals surface area contributed by atoms with Crippen molar-refractivity contribution in [2.45, 2.75) is 18.5 Å². The molecule has 2 rings (SSSR count). The Morgan fingerprint density at radius 2 is 1.65 bits per heavy atom. The molecule has 0 spiro atoms. The molecule has 138 valence electrons. The molecule has 0 aliphatic rings. The van der Waals surface area contributed by atoms with E-state index in [1.807, 2.05) is 0 Å². The van der Waals surface area contributed by atoms with Gasteiger partial charge in [0.1, 0.15) is 5.75 Å². The molecular formula is C18H18F3N3O2. The minimum atomic E-state index is -4.45. The Morgan fingerprint density at radius 1 is 1.08 bits per heavy atom. The monoisotopic (exact) mass is 365 g/mol. The maximum absolute atomic E-state index is 12.7. The first-order valence-corrected chi connectivity index (χ1v) is 7.64. The van der Waals surface area contributed by atoms with Crippen LogP contribution in [0.5, 0.6) is 5.75 Å². The fraction of sp³-hybridized carbons (Fsp3) is 0.222. The van der Waals surface area contributed by atoms with Crippen LogP contribution in [0.4, 0.5) is 13.2 Å². The average molecular weight is 365 g/mol. The Morgan fingerprint density at radius 3 is 2.12 bits per heavy atom. The third kappa shape index (κ3) is 4.98. The molecule has 26 heavy (non-hydrogen) atoms. The fourth-order valence-corrected chi connectivity index (χ4v) is 2.45. The number of nitrogens with zero attached hydrogens (tertiary/aromatic N) is 1. The number of methoxy groups -OCH3 is 1. The minimum absolute atomic E-state index is 0.227. The summed E-state index contributed by atoms with van der Waals surface area (Å²) >= 11 is 0. The summed E-state index contributed by atoms with van der Waals surface area (Å²) in [6.07, 6.45) is -4.22. The van der Waals surface area contributed by atoms with Crippen molar-refractivity contribution >= 4 is 11.9 Å². The molecular weight excluding hydrogens is 347 g/mol. The van der Waals surface area contributed by atoms with E-state index in [4.69, 9.17) is 16.2 Å². The average Bonchev–Trinajstić information content (AvgIpc) is 2.59. The van der Waals surface area contributed by atoms with E-state index in [0.717, 1.165) is 17.7 Å². The third-order valence-corrected chi connectivity index (χ3v) is 3.78. The second-order valence-electron chi connectivity index (χ2n) is 5.60. The van der Waals surface area contributed by atoms with Gasteiger partial charge >= 0.3 is 6.18 Å². The molecule has 0 saturated carbocycles. The van der Waals surface area contributed by atoms with Crippen molar-refractivity contribution in [2.75, 3.05) is 7.11 Å². The molecule has 1 amide bonds. The quantitative estimate of drug-likeness (QED) is 0.630. The standard InChI is InChI=1S/C18H18F3N3O2/c1-26-14-8-2-11(3-9-14)10-15(16(25)24-17(22)23)12-4-6-13(7-5-12)18(19,20)21/h2-9,15H,10H2,1H3,(H4,22,23,24,25)/t15-/m1/s1. The summed E-state index contributed by atoms with van der Waals surface area (Å²) in [6, 6.07) is 11.4. The highest BCUT2D eigenvalue weighted by atomic mass is 19.4. The number of guanidine groups is 1. The molecule has 2 aromatic rings. The van der Waals surface area contributed by atoms with E-state index >= 15 is 0 Å². The molecule has 0 aliphatic heterocycles. The van der Waals surface area contributed by atoms with Gasteiger partial charge in [0.25, 0.3) is 5.91 Å². The summed E-state index contributed by atoms with van der Waals surface area (Å²) in [5.41, 5.74) is 10.9. The van der Waals surface area contributed by atoms with Crippen LogP contribution in [-0.4, -0.2) is 19.0 Å². The highest BCUT2D eigenvalue weighted by Crippen LogP contribution is 2.31. The van der Waals surface area contributed by atoms with Crippen molar-refractivity contribution < 1.29 is 22.7 Å². The van der Waals surface area contributed by atoms with Crippen LogP contribution < -0.4 is 16.2 Å². The van der Waals surface area contributed by atoms with Gasteiger partial charge in [0.2, 0.25) is 0 Å². The predicted molar refractivity (Wildman–Crippen MR) is 91.7 cm³/mol. The number of hydrogen-bond donors (Lipinski definition) is 2. The van der Waals surface area contributed by atoms with Gasteiger partial charge in [0, 0.05) is 0 Å². The smallest absolute Gasteiger partial charge is 0.416 e. The highest BCUT2D eigenvalue weighted by Gasteiger charge is 2.31. The first-order chi connectivity index (χ1) is 12.2. The summed E-state index contributed by atoms with van der Waals surface area (Å²) in [5, 5.41) is 0. The zero-order chi connectivity index (χ0) is 19.3. The summed E-state index contributed by atoms with van der Waals surface area (Å²) in [5.74, 6) is -1.19. The molecule has 0 radical (unpaired) electrons. The molecule has 0 heterocycles. The van der Waals surface area contributed by atoms with E-state index in [-0.39, 0.29) is 6.42 Å². The zero-order valence-electron chi connectivity index (χ0n) is 14.0. The lowest BCUT2D eigenvalue weighted by Crippen LogP contribution is -2.26. The lowest BCUT2D eigenvalue weighted by atomic mass is 9.90. The Labute approximate surface area is 148 Å². The van der Waals surface area contributed by atoms with Crippen LogP contribution in [0.25, 0.3) is 0 Å². The number of carbonyl (C=O) groups is 1. The Kier molecular flexibility index (Phi) is 5.86. The SMILES string of the molecule is COc1ccc(C[C@@H](C(=O)N=C(N)N)c2ccc(C(F)(F)F)cc2)cc1. The fourth-order valence-electron chi connectivity index (χ4n) is 2.45. The second kappa shape index (κ2) is 7.90. The number of halogens is 3. The van der Waals surface area contributed by atoms with E-state index in [2.05, 4.69) is 4.99 Å². The first-order valence-electron chi connectivity index (χ1n) is 7.64. The van der Waals surface area contributed by atoms with Gasteiger partial charge in [-0.3, -0.25) is 4.79 Å². The van der Waals surface area contributed by atoms with E-state index in [1.165, 1.54) is 19.2 Å². The molecule has 0 aliphatic carbocycles. The van der Waals surface area contributed by atoms with Gasteiger partial charge in [-0.1, -0.05) is 24.3 Å². The summed E-state index contributed by atoms with van der Waals surface area (Å²) < 4.78 is 43.3. The normalized spacial score (nSPS) is 12.3. The number of aliphatic imine (C=N–C) groups is 1. The van der Waals surface area contributed by atoms with Gasteiger partial charge in [-0.05, 0) is 41.8 Å². The van der Waals surface area contributed by atoms with Crippen molar-refractivity contribution in [1.82, 2.24) is 0 Å². The van der Waals surface area contributed by atoms with Crippen LogP contribution in [0.15, 0.2) is 53.5 Å². The molecule has 4 N–H and O–H groups in total. The molecule has 5 nitrogen and oxygen atoms in total. The van der Waals surface area contributed by atoms with Crippen LogP contribution >= 0.6 is 0 Å². The Bertz CT molecular complexity index is 781. The zero-order valence-corrected chi connectivity index (χ0v) is 14.0. The molecule has 0 unspecified atom stereocenters. The van der Waals surface area contributed by atoms with Gasteiger partial charge < -0.3 is 16.2 Å². The lowest BCUT2D eigenvalue weighted by molar-refractivity contribution is -0.137. The van der Waals surface area contributed by atoms with Crippen molar-refractivity contribution in [3.8, 4) is 5.75 Å². The molecule has 8 heteroatoms. The lowest BCUT2D eigenvalue weighted by Gasteiger charge is -2.16. The highest BCUT2D eigenvalue weighted by molar-refractivity contribution is 5.95. The minimum Gasteiger partial charge on any atom is -0.497 e. The van der Waals surface area contributed by atoms with Gasteiger partial charge in [0.05, 0.1) is 18.6 Å².